The number of para-hydroxylation sites is 1. The predicted octanol–water partition coefficient (Wildman–Crippen LogP) is 4.16. The maximum Gasteiger partial charge on any atom is 0.222 e. The zero-order chi connectivity index (χ0) is 21.8. The standard InChI is InChI=1S/C24H30N6O/c1-4-5-12-27-23-22-21(28-24(25)29-23)18-8-6-7-9-19(18)30(22)15-17-13-16(14-26-2)10-11-20(17)31-3/h6-11,13,26H,4-5,12,14-15H2,1-3H3,(H3,25,27,28,29). The van der Waals surface area contributed by atoms with Crippen molar-refractivity contribution in [2.45, 2.75) is 32.9 Å². The number of hydrogen-bond donors (Lipinski definition) is 3. The Hall–Kier alpha value is -3.32. The van der Waals surface area contributed by atoms with Gasteiger partial charge in [-0.3, -0.25) is 0 Å². The number of nitrogens with one attached hydrogen (secondary N) is 2. The Bertz CT molecular complexity index is 1200. The summed E-state index contributed by atoms with van der Waals surface area (Å²) in [5.74, 6) is 1.92. The number of hydrogen-bond acceptors (Lipinski definition) is 6. The van der Waals surface area contributed by atoms with Crippen molar-refractivity contribution in [2.75, 3.05) is 31.8 Å². The summed E-state index contributed by atoms with van der Waals surface area (Å²) in [6, 6.07) is 14.6. The molecule has 0 amide bonds. The molecule has 0 bridgehead atoms. The van der Waals surface area contributed by atoms with Gasteiger partial charge in [0.2, 0.25) is 5.95 Å². The molecule has 0 saturated carbocycles. The lowest BCUT2D eigenvalue weighted by Crippen LogP contribution is -2.10. The topological polar surface area (TPSA) is 90.0 Å². The van der Waals surface area contributed by atoms with Crippen molar-refractivity contribution in [3.63, 3.8) is 0 Å². The van der Waals surface area contributed by atoms with Gasteiger partial charge < -0.3 is 25.7 Å². The number of fused-ring (bicyclic) bond motifs is 3. The summed E-state index contributed by atoms with van der Waals surface area (Å²) < 4.78 is 7.94. The second-order valence-corrected chi connectivity index (χ2v) is 7.69. The third-order valence-electron chi connectivity index (χ3n) is 5.50. The molecule has 4 N–H and O–H groups in total. The molecule has 4 rings (SSSR count). The van der Waals surface area contributed by atoms with Gasteiger partial charge in [-0.15, -0.1) is 0 Å². The largest absolute Gasteiger partial charge is 0.496 e. The van der Waals surface area contributed by atoms with Crippen LogP contribution >= 0.6 is 0 Å². The van der Waals surface area contributed by atoms with E-state index in [9.17, 15) is 0 Å². The second-order valence-electron chi connectivity index (χ2n) is 7.69. The van der Waals surface area contributed by atoms with Gasteiger partial charge in [-0.2, -0.15) is 4.98 Å². The first kappa shape index (κ1) is 20.9. The molecule has 2 aromatic heterocycles. The maximum absolute atomic E-state index is 6.08. The molecule has 0 radical (unpaired) electrons. The van der Waals surface area contributed by atoms with E-state index in [0.717, 1.165) is 65.0 Å². The molecule has 31 heavy (non-hydrogen) atoms. The van der Waals surface area contributed by atoms with Gasteiger partial charge in [0.1, 0.15) is 16.8 Å². The number of methoxy groups -OCH3 is 1. The van der Waals surface area contributed by atoms with E-state index in [1.165, 1.54) is 5.56 Å². The third-order valence-corrected chi connectivity index (χ3v) is 5.50. The van der Waals surface area contributed by atoms with Gasteiger partial charge >= 0.3 is 0 Å². The van der Waals surface area contributed by atoms with E-state index in [0.29, 0.717) is 6.54 Å². The molecule has 162 valence electrons. The first-order valence-electron chi connectivity index (χ1n) is 10.7. The average molecular weight is 419 g/mol. The van der Waals surface area contributed by atoms with Gasteiger partial charge in [0.05, 0.1) is 19.2 Å². The monoisotopic (exact) mass is 418 g/mol. The van der Waals surface area contributed by atoms with Crippen LogP contribution in [0.15, 0.2) is 42.5 Å². The highest BCUT2D eigenvalue weighted by Gasteiger charge is 2.19. The number of nitrogens with zero attached hydrogens (tertiary/aromatic N) is 3. The Morgan fingerprint density at radius 2 is 1.97 bits per heavy atom. The lowest BCUT2D eigenvalue weighted by molar-refractivity contribution is 0.408. The Kier molecular flexibility index (Phi) is 6.23. The fourth-order valence-corrected chi connectivity index (χ4v) is 4.06. The fourth-order valence-electron chi connectivity index (χ4n) is 4.06. The quantitative estimate of drug-likeness (QED) is 0.354. The van der Waals surface area contributed by atoms with E-state index in [4.69, 9.17) is 10.5 Å². The zero-order valence-electron chi connectivity index (χ0n) is 18.4. The van der Waals surface area contributed by atoms with E-state index in [2.05, 4.69) is 56.4 Å². The van der Waals surface area contributed by atoms with Crippen LogP contribution in [0.3, 0.4) is 0 Å². The lowest BCUT2D eigenvalue weighted by Gasteiger charge is -2.15. The Labute approximate surface area is 182 Å². The molecule has 0 fully saturated rings. The number of ether oxygens (including phenoxy) is 1. The van der Waals surface area contributed by atoms with Crippen LogP contribution in [0.5, 0.6) is 5.75 Å². The minimum absolute atomic E-state index is 0.281. The molecule has 7 nitrogen and oxygen atoms in total. The van der Waals surface area contributed by atoms with Crippen molar-refractivity contribution < 1.29 is 4.74 Å². The summed E-state index contributed by atoms with van der Waals surface area (Å²) in [6.07, 6.45) is 2.17. The Balaban J connectivity index is 1.91. The summed E-state index contributed by atoms with van der Waals surface area (Å²) in [5, 5.41) is 7.77. The molecule has 0 aliphatic heterocycles. The van der Waals surface area contributed by atoms with Gasteiger partial charge in [0.15, 0.2) is 5.82 Å². The molecule has 2 heterocycles. The number of benzene rings is 2. The highest BCUT2D eigenvalue weighted by Crippen LogP contribution is 2.34. The van der Waals surface area contributed by atoms with Crippen LogP contribution in [-0.2, 0) is 13.1 Å². The number of unbranched alkanes of at least 4 members (excludes halogenated alkanes) is 1. The number of nitrogen functional groups attached to an aromatic ring is 1. The van der Waals surface area contributed by atoms with Gasteiger partial charge in [-0.1, -0.05) is 37.6 Å². The molecule has 0 aliphatic carbocycles. The highest BCUT2D eigenvalue weighted by atomic mass is 16.5. The predicted molar refractivity (Wildman–Crippen MR) is 128 cm³/mol. The highest BCUT2D eigenvalue weighted by molar-refractivity contribution is 6.09. The minimum atomic E-state index is 0.281. The number of rotatable bonds is 9. The van der Waals surface area contributed by atoms with Crippen molar-refractivity contribution >= 4 is 33.7 Å². The van der Waals surface area contributed by atoms with E-state index in [-0.39, 0.29) is 5.95 Å². The van der Waals surface area contributed by atoms with Crippen molar-refractivity contribution in [2.24, 2.45) is 0 Å². The SMILES string of the molecule is CCCCNc1nc(N)nc2c3ccccc3n(Cc3cc(CNC)ccc3OC)c12. The smallest absolute Gasteiger partial charge is 0.222 e. The van der Waals surface area contributed by atoms with Crippen molar-refractivity contribution in [3.8, 4) is 5.75 Å². The molecule has 7 heteroatoms. The summed E-state index contributed by atoms with van der Waals surface area (Å²) in [6.45, 7) is 4.45. The van der Waals surface area contributed by atoms with Gasteiger partial charge in [0.25, 0.3) is 0 Å². The molecule has 0 spiro atoms. The van der Waals surface area contributed by atoms with E-state index in [1.807, 2.05) is 25.2 Å². The van der Waals surface area contributed by atoms with Crippen LogP contribution < -0.4 is 21.1 Å². The van der Waals surface area contributed by atoms with Gasteiger partial charge in [0, 0.05) is 24.0 Å². The second kappa shape index (κ2) is 9.22. The van der Waals surface area contributed by atoms with Crippen LogP contribution in [0.2, 0.25) is 0 Å². The van der Waals surface area contributed by atoms with Crippen LogP contribution in [-0.4, -0.2) is 35.2 Å². The summed E-state index contributed by atoms with van der Waals surface area (Å²) in [5.41, 5.74) is 11.3. The maximum atomic E-state index is 6.08. The average Bonchev–Trinajstić information content (AvgIpc) is 3.08. The summed E-state index contributed by atoms with van der Waals surface area (Å²) in [4.78, 5) is 9.16. The molecule has 0 aliphatic rings. The summed E-state index contributed by atoms with van der Waals surface area (Å²) >= 11 is 0. The Morgan fingerprint density at radius 1 is 1.13 bits per heavy atom. The molecule has 2 aromatic carbocycles. The molecule has 0 saturated heterocycles. The normalized spacial score (nSPS) is 11.3. The molecular weight excluding hydrogens is 388 g/mol. The van der Waals surface area contributed by atoms with Crippen LogP contribution in [0.4, 0.5) is 11.8 Å². The van der Waals surface area contributed by atoms with Gasteiger partial charge in [-0.05, 0) is 37.2 Å². The molecule has 4 aromatic rings. The zero-order valence-corrected chi connectivity index (χ0v) is 18.4. The van der Waals surface area contributed by atoms with E-state index >= 15 is 0 Å². The first-order chi connectivity index (χ1) is 15.2. The van der Waals surface area contributed by atoms with Crippen molar-refractivity contribution in [3.05, 3.63) is 53.6 Å². The number of nitrogens with two attached hydrogens (primary N) is 1. The van der Waals surface area contributed by atoms with Gasteiger partial charge in [-0.25, -0.2) is 4.98 Å². The van der Waals surface area contributed by atoms with Crippen molar-refractivity contribution in [1.82, 2.24) is 19.9 Å². The third kappa shape index (κ3) is 4.14. The van der Waals surface area contributed by atoms with E-state index in [1.54, 1.807) is 7.11 Å². The summed E-state index contributed by atoms with van der Waals surface area (Å²) in [7, 11) is 3.66. The van der Waals surface area contributed by atoms with E-state index < -0.39 is 0 Å². The van der Waals surface area contributed by atoms with Crippen LogP contribution in [0.25, 0.3) is 21.9 Å². The van der Waals surface area contributed by atoms with Crippen LogP contribution in [0, 0.1) is 0 Å². The fraction of sp³-hybridized carbons (Fsp3) is 0.333. The molecule has 0 atom stereocenters. The van der Waals surface area contributed by atoms with Crippen LogP contribution in [0.1, 0.15) is 30.9 Å². The number of aromatic nitrogens is 3. The minimum Gasteiger partial charge on any atom is -0.496 e. The Morgan fingerprint density at radius 3 is 2.74 bits per heavy atom. The van der Waals surface area contributed by atoms with Crippen molar-refractivity contribution in [1.29, 1.82) is 0 Å². The molecule has 0 unspecified atom stereocenters. The first-order valence-corrected chi connectivity index (χ1v) is 10.7. The molecular formula is C24H30N6O. The number of anilines is 2. The lowest BCUT2D eigenvalue weighted by atomic mass is 10.1.